The van der Waals surface area contributed by atoms with Gasteiger partial charge in [0.25, 0.3) is 11.6 Å². The number of amides is 3. The Balaban J connectivity index is 1.81. The minimum absolute atomic E-state index is 0.147. The molecular formula is C19H18N4O6. The van der Waals surface area contributed by atoms with Crippen LogP contribution in [0.4, 0.5) is 10.5 Å². The highest BCUT2D eigenvalue weighted by Crippen LogP contribution is 2.32. The summed E-state index contributed by atoms with van der Waals surface area (Å²) >= 11 is 0. The first-order valence-electron chi connectivity index (χ1n) is 8.73. The van der Waals surface area contributed by atoms with Gasteiger partial charge in [-0.1, -0.05) is 13.0 Å². The molecule has 2 aromatic rings. The van der Waals surface area contributed by atoms with Crippen LogP contribution in [-0.4, -0.2) is 40.4 Å². The van der Waals surface area contributed by atoms with Crippen LogP contribution in [0.5, 0.6) is 17.4 Å². The fraction of sp³-hybridized carbons (Fsp3) is 0.211. The molecule has 1 aromatic carbocycles. The maximum Gasteiger partial charge on any atom is 0.329 e. The number of carbonyl (C=O) groups excluding carboxylic acids is 2. The number of nitrogens with one attached hydrogen (secondary N) is 1. The predicted octanol–water partition coefficient (Wildman–Crippen LogP) is 3.09. The van der Waals surface area contributed by atoms with E-state index in [1.54, 1.807) is 24.3 Å². The van der Waals surface area contributed by atoms with E-state index in [0.29, 0.717) is 30.0 Å². The maximum atomic E-state index is 12.3. The summed E-state index contributed by atoms with van der Waals surface area (Å²) in [5, 5.41) is 13.3. The van der Waals surface area contributed by atoms with E-state index < -0.39 is 11.0 Å². The average Bonchev–Trinajstić information content (AvgIpc) is 2.97. The zero-order chi connectivity index (χ0) is 21.0. The van der Waals surface area contributed by atoms with Crippen LogP contribution in [0, 0.1) is 10.1 Å². The zero-order valence-electron chi connectivity index (χ0n) is 15.7. The van der Waals surface area contributed by atoms with E-state index >= 15 is 0 Å². The number of rotatable bonds is 7. The lowest BCUT2D eigenvalue weighted by molar-refractivity contribution is -0.385. The van der Waals surface area contributed by atoms with Crippen LogP contribution < -0.4 is 14.8 Å². The van der Waals surface area contributed by atoms with Gasteiger partial charge in [0.15, 0.2) is 11.5 Å². The molecule has 1 fully saturated rings. The monoisotopic (exact) mass is 398 g/mol. The Morgan fingerprint density at radius 1 is 1.24 bits per heavy atom. The summed E-state index contributed by atoms with van der Waals surface area (Å²) in [6.45, 7) is 2.23. The number of nitro groups is 1. The Hall–Kier alpha value is -3.95. The molecule has 0 unspecified atom stereocenters. The third-order valence-corrected chi connectivity index (χ3v) is 4.05. The van der Waals surface area contributed by atoms with Gasteiger partial charge in [0.2, 0.25) is 5.88 Å². The number of hydrogen-bond acceptors (Lipinski definition) is 7. The van der Waals surface area contributed by atoms with Crippen molar-refractivity contribution in [3.05, 3.63) is 57.9 Å². The van der Waals surface area contributed by atoms with Gasteiger partial charge in [-0.3, -0.25) is 19.8 Å². The number of nitrogens with zero attached hydrogens (tertiary/aromatic N) is 3. The van der Waals surface area contributed by atoms with Crippen molar-refractivity contribution in [3.8, 4) is 17.4 Å². The molecule has 1 aliphatic rings. The molecule has 1 N–H and O–H groups in total. The minimum atomic E-state index is -0.551. The van der Waals surface area contributed by atoms with E-state index in [1.165, 1.54) is 19.2 Å². The lowest BCUT2D eigenvalue weighted by Gasteiger charge is -2.10. The topological polar surface area (TPSA) is 124 Å². The van der Waals surface area contributed by atoms with Crippen LogP contribution in [0.25, 0.3) is 6.08 Å². The number of benzene rings is 1. The minimum Gasteiger partial charge on any atom is -0.493 e. The molecular weight excluding hydrogens is 380 g/mol. The Bertz CT molecular complexity index is 987. The smallest absolute Gasteiger partial charge is 0.329 e. The van der Waals surface area contributed by atoms with Gasteiger partial charge >= 0.3 is 6.03 Å². The number of pyridine rings is 1. The lowest BCUT2D eigenvalue weighted by atomic mass is 10.1. The quantitative estimate of drug-likeness (QED) is 0.329. The third-order valence-electron chi connectivity index (χ3n) is 4.05. The van der Waals surface area contributed by atoms with Gasteiger partial charge in [-0.2, -0.15) is 0 Å². The molecule has 3 rings (SSSR count). The Labute approximate surface area is 165 Å². The molecule has 1 aliphatic heterocycles. The zero-order valence-corrected chi connectivity index (χ0v) is 15.7. The standard InChI is InChI=1S/C19H18N4O6/c1-3-8-22-18(24)14(21-19(22)25)9-12-4-6-15(16(10-12)28-2)29-17-7-5-13(11-20-17)23(26)27/h4-7,9-11H,3,8H2,1-2H3,(H,21,25)/b14-9+. The van der Waals surface area contributed by atoms with Crippen LogP contribution in [0.2, 0.25) is 0 Å². The van der Waals surface area contributed by atoms with E-state index in [9.17, 15) is 19.7 Å². The average molecular weight is 398 g/mol. The van der Waals surface area contributed by atoms with Crippen molar-refractivity contribution >= 4 is 23.7 Å². The van der Waals surface area contributed by atoms with Crippen LogP contribution in [0.15, 0.2) is 42.2 Å². The number of urea groups is 1. The molecule has 0 radical (unpaired) electrons. The van der Waals surface area contributed by atoms with Gasteiger partial charge in [-0.25, -0.2) is 9.78 Å². The number of imide groups is 1. The summed E-state index contributed by atoms with van der Waals surface area (Å²) in [6, 6.07) is 7.14. The second-order valence-corrected chi connectivity index (χ2v) is 6.07. The molecule has 0 atom stereocenters. The molecule has 1 aromatic heterocycles. The number of ether oxygens (including phenoxy) is 2. The van der Waals surface area contributed by atoms with Crippen molar-refractivity contribution in [3.63, 3.8) is 0 Å². The molecule has 1 saturated heterocycles. The fourth-order valence-electron chi connectivity index (χ4n) is 2.68. The van der Waals surface area contributed by atoms with Gasteiger partial charge in [-0.15, -0.1) is 0 Å². The Morgan fingerprint density at radius 3 is 2.66 bits per heavy atom. The van der Waals surface area contributed by atoms with Crippen LogP contribution in [-0.2, 0) is 4.79 Å². The molecule has 150 valence electrons. The van der Waals surface area contributed by atoms with Crippen LogP contribution in [0.3, 0.4) is 0 Å². The first kappa shape index (κ1) is 19.8. The highest BCUT2D eigenvalue weighted by Gasteiger charge is 2.32. The Kier molecular flexibility index (Phi) is 5.72. The van der Waals surface area contributed by atoms with Gasteiger partial charge in [0.1, 0.15) is 11.9 Å². The molecule has 0 bridgehead atoms. The van der Waals surface area contributed by atoms with E-state index in [4.69, 9.17) is 9.47 Å². The molecule has 0 spiro atoms. The first-order valence-corrected chi connectivity index (χ1v) is 8.73. The van der Waals surface area contributed by atoms with E-state index in [-0.39, 0.29) is 23.2 Å². The summed E-state index contributed by atoms with van der Waals surface area (Å²) in [6.07, 6.45) is 3.31. The predicted molar refractivity (Wildman–Crippen MR) is 102 cm³/mol. The van der Waals surface area contributed by atoms with Gasteiger partial charge in [0.05, 0.1) is 12.0 Å². The summed E-state index contributed by atoms with van der Waals surface area (Å²) in [7, 11) is 1.45. The number of aromatic nitrogens is 1. The molecule has 10 nitrogen and oxygen atoms in total. The second-order valence-electron chi connectivity index (χ2n) is 6.07. The van der Waals surface area contributed by atoms with Crippen molar-refractivity contribution < 1.29 is 24.0 Å². The van der Waals surface area contributed by atoms with Crippen molar-refractivity contribution in [1.29, 1.82) is 0 Å². The van der Waals surface area contributed by atoms with Gasteiger partial charge in [-0.05, 0) is 30.2 Å². The van der Waals surface area contributed by atoms with Crippen molar-refractivity contribution in [2.45, 2.75) is 13.3 Å². The molecule has 2 heterocycles. The van der Waals surface area contributed by atoms with E-state index in [1.807, 2.05) is 6.92 Å². The summed E-state index contributed by atoms with van der Waals surface area (Å²) in [5.74, 6) is 0.478. The summed E-state index contributed by atoms with van der Waals surface area (Å²) in [5.41, 5.74) is 0.649. The molecule has 10 heteroatoms. The SMILES string of the molecule is CCCN1C(=O)N/C(=C/c2ccc(Oc3ccc([N+](=O)[O-])cn3)c(OC)c2)C1=O. The molecule has 3 amide bonds. The summed E-state index contributed by atoms with van der Waals surface area (Å²) in [4.78, 5) is 39.4. The second kappa shape index (κ2) is 8.38. The highest BCUT2D eigenvalue weighted by atomic mass is 16.6. The highest BCUT2D eigenvalue weighted by molar-refractivity contribution is 6.13. The summed E-state index contributed by atoms with van der Waals surface area (Å²) < 4.78 is 10.9. The first-order chi connectivity index (χ1) is 13.9. The number of methoxy groups -OCH3 is 1. The fourth-order valence-corrected chi connectivity index (χ4v) is 2.68. The number of carbonyl (C=O) groups is 2. The lowest BCUT2D eigenvalue weighted by Crippen LogP contribution is -2.31. The normalized spacial score (nSPS) is 14.8. The largest absolute Gasteiger partial charge is 0.493 e. The molecule has 0 saturated carbocycles. The van der Waals surface area contributed by atoms with E-state index in [2.05, 4.69) is 10.3 Å². The maximum absolute atomic E-state index is 12.3. The molecule has 29 heavy (non-hydrogen) atoms. The van der Waals surface area contributed by atoms with Crippen molar-refractivity contribution in [2.75, 3.05) is 13.7 Å². The third kappa shape index (κ3) is 4.32. The number of hydrogen-bond donors (Lipinski definition) is 1. The van der Waals surface area contributed by atoms with Crippen molar-refractivity contribution in [1.82, 2.24) is 15.2 Å². The van der Waals surface area contributed by atoms with Crippen molar-refractivity contribution in [2.24, 2.45) is 0 Å². The molecule has 0 aliphatic carbocycles. The van der Waals surface area contributed by atoms with E-state index in [0.717, 1.165) is 11.1 Å². The van der Waals surface area contributed by atoms with Crippen LogP contribution in [0.1, 0.15) is 18.9 Å². The van der Waals surface area contributed by atoms with Gasteiger partial charge < -0.3 is 14.8 Å². The van der Waals surface area contributed by atoms with Gasteiger partial charge in [0, 0.05) is 18.7 Å². The van der Waals surface area contributed by atoms with Crippen LogP contribution >= 0.6 is 0 Å². The Morgan fingerprint density at radius 2 is 2.03 bits per heavy atom.